The van der Waals surface area contributed by atoms with Crippen molar-refractivity contribution in [3.8, 4) is 0 Å². The van der Waals surface area contributed by atoms with E-state index in [4.69, 9.17) is 9.47 Å². The lowest BCUT2D eigenvalue weighted by Gasteiger charge is -2.34. The molecule has 0 aromatic rings. The third-order valence-electron chi connectivity index (χ3n) is 7.54. The predicted molar refractivity (Wildman–Crippen MR) is 134 cm³/mol. The number of hydrogen-bond donors (Lipinski definition) is 0. The van der Waals surface area contributed by atoms with Crippen LogP contribution in [0.3, 0.4) is 0 Å². The van der Waals surface area contributed by atoms with E-state index in [1.54, 1.807) is 6.92 Å². The normalized spacial score (nSPS) is 27.8. The Morgan fingerprint density at radius 2 is 1.30 bits per heavy atom. The van der Waals surface area contributed by atoms with Crippen molar-refractivity contribution in [2.24, 2.45) is 23.7 Å². The second kappa shape index (κ2) is 14.4. The molecule has 0 unspecified atom stereocenters. The molecule has 2 saturated carbocycles. The van der Waals surface area contributed by atoms with E-state index in [0.717, 1.165) is 77.0 Å². The fourth-order valence-corrected chi connectivity index (χ4v) is 6.96. The van der Waals surface area contributed by atoms with Crippen LogP contribution < -0.4 is 0 Å². The molecule has 0 radical (unpaired) electrons. The third kappa shape index (κ3) is 8.00. The largest absolute Gasteiger partial charge is 0.462 e. The summed E-state index contributed by atoms with van der Waals surface area (Å²) in [6.45, 7) is 10.0. The highest BCUT2D eigenvalue weighted by atomic mass is 32.2. The molecule has 33 heavy (non-hydrogen) atoms. The molecule has 2 aliphatic carbocycles. The second-order valence-electron chi connectivity index (χ2n) is 10.0. The van der Waals surface area contributed by atoms with Crippen molar-refractivity contribution in [3.63, 3.8) is 0 Å². The molecule has 0 aliphatic heterocycles. The fraction of sp³-hybridized carbons (Fsp3) is 0.889. The van der Waals surface area contributed by atoms with Crippen LogP contribution in [0.4, 0.5) is 0 Å². The lowest BCUT2D eigenvalue weighted by atomic mass is 9.79. The van der Waals surface area contributed by atoms with Crippen molar-refractivity contribution < 1.29 is 23.9 Å². The summed E-state index contributed by atoms with van der Waals surface area (Å²) < 4.78 is 12.0. The average molecular weight is 483 g/mol. The Hall–Kier alpha value is -1.04. The number of ether oxygens (including phenoxy) is 2. The van der Waals surface area contributed by atoms with Gasteiger partial charge in [-0.1, -0.05) is 65.1 Å². The number of carbonyl (C=O) groups is 3. The summed E-state index contributed by atoms with van der Waals surface area (Å²) in [5, 5.41) is 0.174. The van der Waals surface area contributed by atoms with Crippen molar-refractivity contribution in [3.05, 3.63) is 0 Å². The number of fused-ring (bicyclic) bond motifs is 2. The lowest BCUT2D eigenvalue weighted by Crippen LogP contribution is -2.42. The maximum absolute atomic E-state index is 13.4. The first kappa shape index (κ1) is 28.2. The van der Waals surface area contributed by atoms with Gasteiger partial charge in [0.1, 0.15) is 12.2 Å². The Kier molecular flexibility index (Phi) is 12.3. The van der Waals surface area contributed by atoms with Crippen molar-refractivity contribution in [2.75, 3.05) is 0 Å². The summed E-state index contributed by atoms with van der Waals surface area (Å²) >= 11 is 1.33. The van der Waals surface area contributed by atoms with Gasteiger partial charge in [-0.2, -0.15) is 0 Å². The van der Waals surface area contributed by atoms with E-state index in [2.05, 4.69) is 20.8 Å². The van der Waals surface area contributed by atoms with E-state index in [9.17, 15) is 14.4 Å². The highest BCUT2D eigenvalue weighted by molar-refractivity contribution is 8.14. The summed E-state index contributed by atoms with van der Waals surface area (Å²) in [6, 6.07) is 0. The molecule has 0 saturated heterocycles. The Labute approximate surface area is 205 Å². The number of hydrogen-bond acceptors (Lipinski definition) is 6. The maximum Gasteiger partial charge on any atom is 0.310 e. The molecule has 2 fully saturated rings. The van der Waals surface area contributed by atoms with Crippen LogP contribution in [-0.2, 0) is 23.9 Å². The van der Waals surface area contributed by atoms with Crippen LogP contribution in [-0.4, -0.2) is 34.5 Å². The zero-order valence-electron chi connectivity index (χ0n) is 21.5. The first-order valence-corrected chi connectivity index (χ1v) is 14.3. The second-order valence-corrected chi connectivity index (χ2v) is 11.4. The van der Waals surface area contributed by atoms with Gasteiger partial charge in [-0.3, -0.25) is 14.4 Å². The van der Waals surface area contributed by atoms with Gasteiger partial charge in [0.2, 0.25) is 0 Å². The minimum atomic E-state index is -0.485. The topological polar surface area (TPSA) is 69.7 Å². The minimum Gasteiger partial charge on any atom is -0.462 e. The van der Waals surface area contributed by atoms with Crippen LogP contribution in [0, 0.1) is 23.7 Å². The van der Waals surface area contributed by atoms with Crippen molar-refractivity contribution in [1.29, 1.82) is 0 Å². The molecule has 190 valence electrons. The zero-order valence-corrected chi connectivity index (χ0v) is 22.3. The zero-order chi connectivity index (χ0) is 24.4. The van der Waals surface area contributed by atoms with E-state index < -0.39 is 11.8 Å². The maximum atomic E-state index is 13.4. The summed E-state index contributed by atoms with van der Waals surface area (Å²) in [7, 11) is 0. The van der Waals surface area contributed by atoms with E-state index in [-0.39, 0.29) is 46.3 Å². The number of unbranched alkanes of at least 4 members (excludes halogenated alkanes) is 4. The summed E-state index contributed by atoms with van der Waals surface area (Å²) in [6.07, 6.45) is 11.4. The van der Waals surface area contributed by atoms with Gasteiger partial charge in [0.15, 0.2) is 5.12 Å². The minimum absolute atomic E-state index is 0.0160. The van der Waals surface area contributed by atoms with E-state index >= 15 is 0 Å². The summed E-state index contributed by atoms with van der Waals surface area (Å²) in [4.78, 5) is 38.6. The predicted octanol–water partition coefficient (Wildman–Crippen LogP) is 6.71. The number of rotatable bonds is 15. The molecule has 7 atom stereocenters. The highest BCUT2D eigenvalue weighted by Gasteiger charge is 2.59. The molecule has 2 rings (SSSR count). The lowest BCUT2D eigenvalue weighted by molar-refractivity contribution is -0.169. The Balaban J connectivity index is 2.12. The van der Waals surface area contributed by atoms with Crippen LogP contribution in [0.2, 0.25) is 0 Å². The molecule has 0 aromatic carbocycles. The van der Waals surface area contributed by atoms with E-state index in [1.165, 1.54) is 11.8 Å². The number of thioether (sulfide) groups is 1. The van der Waals surface area contributed by atoms with Crippen molar-refractivity contribution >= 4 is 28.8 Å². The quantitative estimate of drug-likeness (QED) is 0.191. The Morgan fingerprint density at radius 1 is 0.788 bits per heavy atom. The standard InChI is InChI=1S/C27H46O5S/c1-6-10-12-14-20(8-3)31-26(29)24-19-16-22(23(17-19)33-18(5)28)25(24)27(30)32-21(9-4)15-13-11-7-2/h19-25H,6-17H2,1-5H3/t19-,20-,21-,22+,23+,24+,25+/m1/s1. The highest BCUT2D eigenvalue weighted by Crippen LogP contribution is 2.57. The van der Waals surface area contributed by atoms with Gasteiger partial charge < -0.3 is 9.47 Å². The van der Waals surface area contributed by atoms with Crippen LogP contribution in [0.15, 0.2) is 0 Å². The van der Waals surface area contributed by atoms with Crippen LogP contribution >= 0.6 is 11.8 Å². The molecule has 2 bridgehead atoms. The number of esters is 2. The first-order valence-electron chi connectivity index (χ1n) is 13.4. The molecular formula is C27H46O5S. The summed E-state index contributed by atoms with van der Waals surface area (Å²) in [5.74, 6) is -1.27. The molecule has 0 N–H and O–H groups in total. The Morgan fingerprint density at radius 3 is 1.76 bits per heavy atom. The summed E-state index contributed by atoms with van der Waals surface area (Å²) in [5.41, 5.74) is 0. The molecule has 0 spiro atoms. The van der Waals surface area contributed by atoms with Gasteiger partial charge in [0, 0.05) is 12.2 Å². The molecule has 0 aromatic heterocycles. The average Bonchev–Trinajstić information content (AvgIpc) is 3.35. The van der Waals surface area contributed by atoms with Gasteiger partial charge in [-0.25, -0.2) is 0 Å². The molecule has 6 heteroatoms. The smallest absolute Gasteiger partial charge is 0.310 e. The molecular weight excluding hydrogens is 436 g/mol. The molecule has 5 nitrogen and oxygen atoms in total. The molecule has 0 amide bonds. The van der Waals surface area contributed by atoms with E-state index in [1.807, 2.05) is 6.92 Å². The fourth-order valence-electron chi connectivity index (χ4n) is 5.73. The molecule has 0 heterocycles. The van der Waals surface area contributed by atoms with Crippen molar-refractivity contribution in [1.82, 2.24) is 0 Å². The van der Waals surface area contributed by atoms with Crippen molar-refractivity contribution in [2.45, 2.75) is 129 Å². The van der Waals surface area contributed by atoms with Gasteiger partial charge >= 0.3 is 11.9 Å². The van der Waals surface area contributed by atoms with Crippen LogP contribution in [0.5, 0.6) is 0 Å². The Bertz CT molecular complexity index is 636. The SMILES string of the molecule is CCCCC[C@@H](CC)OC(=O)[C@H]1[C@@H]2C[C@H]([C@@H]1C(=O)O[C@H](CC)CCCCC)[C@@H](SC(C)=O)C2. The molecule has 2 aliphatic rings. The van der Waals surface area contributed by atoms with Gasteiger partial charge in [0.25, 0.3) is 0 Å². The monoisotopic (exact) mass is 482 g/mol. The van der Waals surface area contributed by atoms with Gasteiger partial charge in [-0.05, 0) is 63.2 Å². The van der Waals surface area contributed by atoms with Gasteiger partial charge in [0.05, 0.1) is 11.8 Å². The first-order chi connectivity index (χ1) is 15.9. The van der Waals surface area contributed by atoms with E-state index in [0.29, 0.717) is 0 Å². The van der Waals surface area contributed by atoms with Gasteiger partial charge in [-0.15, -0.1) is 0 Å². The third-order valence-corrected chi connectivity index (χ3v) is 8.72. The van der Waals surface area contributed by atoms with Crippen LogP contribution in [0.1, 0.15) is 112 Å². The number of carbonyl (C=O) groups excluding carboxylic acids is 3. The van der Waals surface area contributed by atoms with Crippen LogP contribution in [0.25, 0.3) is 0 Å².